The number of carbonyl (C=O) groups excluding carboxylic acids is 1. The number of amides is 1. The number of rotatable bonds is 3. The minimum absolute atomic E-state index is 0. The Hall–Kier alpha value is -0.780. The van der Waals surface area contributed by atoms with Crippen LogP contribution >= 0.6 is 24.8 Å². The van der Waals surface area contributed by atoms with Crippen molar-refractivity contribution in [3.63, 3.8) is 0 Å². The lowest BCUT2D eigenvalue weighted by Gasteiger charge is -2.37. The van der Waals surface area contributed by atoms with Crippen LogP contribution < -0.4 is 5.73 Å². The van der Waals surface area contributed by atoms with E-state index in [4.69, 9.17) is 5.73 Å². The highest BCUT2D eigenvalue weighted by Crippen LogP contribution is 2.37. The average Bonchev–Trinajstić information content (AvgIpc) is 3.17. The first-order chi connectivity index (χ1) is 9.81. The van der Waals surface area contributed by atoms with Crippen LogP contribution in [-0.4, -0.2) is 34.1 Å². The molecule has 5 nitrogen and oxygen atoms in total. The second-order valence-electron chi connectivity index (χ2n) is 6.11. The van der Waals surface area contributed by atoms with Gasteiger partial charge in [-0.25, -0.2) is 0 Å². The number of hydrogen-bond donors (Lipinski definition) is 2. The number of nitrogens with zero attached hydrogens (tertiary/aromatic N) is 2. The number of halogens is 2. The molecule has 2 heterocycles. The van der Waals surface area contributed by atoms with E-state index in [1.807, 2.05) is 12.4 Å². The van der Waals surface area contributed by atoms with Gasteiger partial charge in [-0.3, -0.25) is 9.89 Å². The normalized spacial score (nSPS) is 27.9. The third-order valence-electron chi connectivity index (χ3n) is 4.97. The van der Waals surface area contributed by atoms with E-state index in [0.29, 0.717) is 18.4 Å². The Bertz CT molecular complexity index is 454. The molecule has 0 aromatic carbocycles. The molecule has 1 aromatic rings. The maximum atomic E-state index is 12.9. The van der Waals surface area contributed by atoms with E-state index in [1.165, 1.54) is 6.42 Å². The molecular weight excluding hydrogens is 323 g/mol. The van der Waals surface area contributed by atoms with Crippen LogP contribution in [0.5, 0.6) is 0 Å². The maximum absolute atomic E-state index is 12.9. The van der Waals surface area contributed by atoms with Crippen molar-refractivity contribution in [2.45, 2.75) is 44.6 Å². The zero-order valence-electron chi connectivity index (χ0n) is 12.7. The van der Waals surface area contributed by atoms with Gasteiger partial charge in [-0.05, 0) is 44.6 Å². The lowest BCUT2D eigenvalue weighted by molar-refractivity contribution is -0.140. The monoisotopic (exact) mass is 348 g/mol. The van der Waals surface area contributed by atoms with Crippen molar-refractivity contribution in [2.75, 3.05) is 13.1 Å². The highest BCUT2D eigenvalue weighted by atomic mass is 35.5. The van der Waals surface area contributed by atoms with E-state index in [2.05, 4.69) is 15.1 Å². The number of H-pyrrole nitrogens is 1. The lowest BCUT2D eigenvalue weighted by atomic mass is 9.91. The van der Waals surface area contributed by atoms with Crippen molar-refractivity contribution in [1.29, 1.82) is 0 Å². The fourth-order valence-corrected chi connectivity index (χ4v) is 3.84. The summed E-state index contributed by atoms with van der Waals surface area (Å²) in [5, 5.41) is 6.90. The van der Waals surface area contributed by atoms with E-state index < -0.39 is 0 Å². The van der Waals surface area contributed by atoms with Crippen LogP contribution in [0, 0.1) is 11.8 Å². The van der Waals surface area contributed by atoms with Crippen LogP contribution in [0.4, 0.5) is 0 Å². The summed E-state index contributed by atoms with van der Waals surface area (Å²) in [6.07, 6.45) is 10.4. The van der Waals surface area contributed by atoms with Gasteiger partial charge >= 0.3 is 0 Å². The Morgan fingerprint density at radius 3 is 2.77 bits per heavy atom. The molecule has 1 unspecified atom stereocenters. The van der Waals surface area contributed by atoms with Gasteiger partial charge in [-0.1, -0.05) is 6.42 Å². The summed E-state index contributed by atoms with van der Waals surface area (Å²) in [7, 11) is 0. The predicted octanol–water partition coefficient (Wildman–Crippen LogP) is 2.68. The Balaban J connectivity index is 0.00000121. The van der Waals surface area contributed by atoms with Gasteiger partial charge < -0.3 is 10.6 Å². The van der Waals surface area contributed by atoms with E-state index in [1.54, 1.807) is 0 Å². The van der Waals surface area contributed by atoms with Crippen molar-refractivity contribution in [3.8, 4) is 0 Å². The summed E-state index contributed by atoms with van der Waals surface area (Å²) in [6.45, 7) is 1.52. The molecule has 0 bridgehead atoms. The quantitative estimate of drug-likeness (QED) is 0.881. The molecule has 1 aliphatic carbocycles. The first kappa shape index (κ1) is 19.3. The third-order valence-corrected chi connectivity index (χ3v) is 4.97. The Morgan fingerprint density at radius 1 is 1.27 bits per heavy atom. The Kier molecular flexibility index (Phi) is 7.66. The minimum atomic E-state index is 0. The largest absolute Gasteiger partial charge is 0.335 e. The van der Waals surface area contributed by atoms with Crippen LogP contribution in [0.2, 0.25) is 0 Å². The first-order valence-corrected chi connectivity index (χ1v) is 7.80. The molecule has 1 aliphatic heterocycles. The number of likely N-dealkylation sites (tertiary alicyclic amines) is 1. The number of aromatic nitrogens is 2. The van der Waals surface area contributed by atoms with Gasteiger partial charge in [-0.2, -0.15) is 5.10 Å². The molecule has 1 saturated heterocycles. The fourth-order valence-electron chi connectivity index (χ4n) is 3.84. The molecule has 1 amide bonds. The molecule has 1 saturated carbocycles. The number of nitrogens with two attached hydrogens (primary N) is 1. The number of piperidine rings is 1. The molecule has 1 aromatic heterocycles. The number of aromatic amines is 1. The highest BCUT2D eigenvalue weighted by Gasteiger charge is 2.38. The van der Waals surface area contributed by atoms with Gasteiger partial charge in [0, 0.05) is 24.2 Å². The molecule has 22 heavy (non-hydrogen) atoms. The summed E-state index contributed by atoms with van der Waals surface area (Å²) in [5.41, 5.74) is 6.97. The second-order valence-corrected chi connectivity index (χ2v) is 6.11. The van der Waals surface area contributed by atoms with E-state index in [0.717, 1.165) is 44.2 Å². The van der Waals surface area contributed by atoms with Crippen LogP contribution in [0.3, 0.4) is 0 Å². The molecule has 0 radical (unpaired) electrons. The van der Waals surface area contributed by atoms with Gasteiger partial charge in [-0.15, -0.1) is 24.8 Å². The zero-order valence-corrected chi connectivity index (χ0v) is 14.4. The molecule has 0 spiro atoms. The summed E-state index contributed by atoms with van der Waals surface area (Å²) in [6, 6.07) is 0.203. The van der Waals surface area contributed by atoms with E-state index >= 15 is 0 Å². The van der Waals surface area contributed by atoms with Crippen LogP contribution in [-0.2, 0) is 4.79 Å². The lowest BCUT2D eigenvalue weighted by Crippen LogP contribution is -2.43. The minimum Gasteiger partial charge on any atom is -0.335 e. The molecule has 7 heteroatoms. The maximum Gasteiger partial charge on any atom is 0.226 e. The summed E-state index contributed by atoms with van der Waals surface area (Å²) in [5.74, 6) is 0.853. The Morgan fingerprint density at radius 2 is 2.09 bits per heavy atom. The number of hydrogen-bond acceptors (Lipinski definition) is 3. The van der Waals surface area contributed by atoms with E-state index in [-0.39, 0.29) is 36.8 Å². The summed E-state index contributed by atoms with van der Waals surface area (Å²) in [4.78, 5) is 15.0. The first-order valence-electron chi connectivity index (χ1n) is 7.80. The number of carbonyl (C=O) groups is 1. The van der Waals surface area contributed by atoms with Crippen molar-refractivity contribution in [2.24, 2.45) is 17.6 Å². The molecule has 2 aliphatic rings. The molecule has 3 atom stereocenters. The van der Waals surface area contributed by atoms with Crippen LogP contribution in [0.25, 0.3) is 0 Å². The van der Waals surface area contributed by atoms with Gasteiger partial charge in [0.05, 0.1) is 12.2 Å². The van der Waals surface area contributed by atoms with Gasteiger partial charge in [0.2, 0.25) is 5.91 Å². The van der Waals surface area contributed by atoms with Crippen LogP contribution in [0.15, 0.2) is 12.4 Å². The van der Waals surface area contributed by atoms with Crippen LogP contribution in [0.1, 0.15) is 50.1 Å². The van der Waals surface area contributed by atoms with Crippen molar-refractivity contribution < 1.29 is 4.79 Å². The van der Waals surface area contributed by atoms with E-state index in [9.17, 15) is 4.79 Å². The molecule has 3 N–H and O–H groups in total. The van der Waals surface area contributed by atoms with Crippen molar-refractivity contribution in [3.05, 3.63) is 18.0 Å². The zero-order chi connectivity index (χ0) is 13.9. The SMILES string of the molecule is Cl.Cl.NC[C@H]1CCC[C@H]1C(=O)N1CCCCC1c1cn[nH]c1. The predicted molar refractivity (Wildman–Crippen MR) is 91.3 cm³/mol. The smallest absolute Gasteiger partial charge is 0.226 e. The standard InChI is InChI=1S/C15H24N4O.2ClH/c16-8-11-4-3-5-13(11)15(20)19-7-2-1-6-14(19)12-9-17-18-10-12;;/h9-11,13-14H,1-8,16H2,(H,17,18);2*1H/t11-,13-,14?;;/m1../s1. The second kappa shape index (κ2) is 8.75. The molecular formula is C15H26Cl2N4O. The third kappa shape index (κ3) is 3.76. The topological polar surface area (TPSA) is 75.0 Å². The van der Waals surface area contributed by atoms with Gasteiger partial charge in [0.25, 0.3) is 0 Å². The van der Waals surface area contributed by atoms with Gasteiger partial charge in [0.1, 0.15) is 0 Å². The summed E-state index contributed by atoms with van der Waals surface area (Å²) >= 11 is 0. The number of nitrogens with one attached hydrogen (secondary N) is 1. The van der Waals surface area contributed by atoms with Gasteiger partial charge in [0.15, 0.2) is 0 Å². The average molecular weight is 349 g/mol. The molecule has 2 fully saturated rings. The molecule has 126 valence electrons. The fraction of sp³-hybridized carbons (Fsp3) is 0.733. The molecule has 3 rings (SSSR count). The summed E-state index contributed by atoms with van der Waals surface area (Å²) < 4.78 is 0. The Labute approximate surface area is 144 Å². The van der Waals surface area contributed by atoms with Crippen molar-refractivity contribution in [1.82, 2.24) is 15.1 Å². The highest BCUT2D eigenvalue weighted by molar-refractivity contribution is 5.85. The van der Waals surface area contributed by atoms with Crippen molar-refractivity contribution >= 4 is 30.7 Å².